The third-order valence-electron chi connectivity index (χ3n) is 4.54. The monoisotopic (exact) mass is 382 g/mol. The van der Waals surface area contributed by atoms with Crippen molar-refractivity contribution >= 4 is 36.6 Å². The zero-order chi connectivity index (χ0) is 16.1. The molecule has 2 N–H and O–H groups in total. The van der Waals surface area contributed by atoms with E-state index in [1.807, 2.05) is 9.80 Å². The van der Waals surface area contributed by atoms with Crippen molar-refractivity contribution in [2.75, 3.05) is 45.8 Å². The minimum Gasteiger partial charge on any atom is -0.338 e. The average molecular weight is 383 g/mol. The van der Waals surface area contributed by atoms with Gasteiger partial charge in [-0.1, -0.05) is 13.8 Å². The molecule has 0 aromatic heterocycles. The Hall–Kier alpha value is -0.560. The quantitative estimate of drug-likeness (QED) is 0.768. The van der Waals surface area contributed by atoms with E-state index in [0.717, 1.165) is 13.1 Å². The van der Waals surface area contributed by atoms with E-state index in [1.165, 1.54) is 12.8 Å². The van der Waals surface area contributed by atoms with Crippen LogP contribution in [-0.4, -0.2) is 78.4 Å². The van der Waals surface area contributed by atoms with Crippen LogP contribution in [0.15, 0.2) is 0 Å². The van der Waals surface area contributed by atoms with Crippen LogP contribution in [0.4, 0.5) is 0 Å². The van der Waals surface area contributed by atoms with E-state index in [2.05, 4.69) is 18.7 Å². The molecule has 6 nitrogen and oxygen atoms in total. The summed E-state index contributed by atoms with van der Waals surface area (Å²) < 4.78 is 0. The lowest BCUT2D eigenvalue weighted by Gasteiger charge is -2.36. The van der Waals surface area contributed by atoms with Crippen LogP contribution in [0.1, 0.15) is 33.1 Å². The second-order valence-electron chi connectivity index (χ2n) is 6.93. The maximum absolute atomic E-state index is 12.3. The predicted octanol–water partition coefficient (Wildman–Crippen LogP) is 0.970. The van der Waals surface area contributed by atoms with Crippen LogP contribution in [-0.2, 0) is 9.59 Å². The Labute approximate surface area is 157 Å². The van der Waals surface area contributed by atoms with Gasteiger partial charge in [0.05, 0.1) is 12.6 Å². The first kappa shape index (κ1) is 23.4. The molecule has 8 heteroatoms. The van der Waals surface area contributed by atoms with Gasteiger partial charge in [-0.2, -0.15) is 0 Å². The number of rotatable bonds is 5. The van der Waals surface area contributed by atoms with E-state index in [4.69, 9.17) is 5.73 Å². The molecule has 0 unspecified atom stereocenters. The molecule has 0 aliphatic carbocycles. The Morgan fingerprint density at radius 1 is 0.917 bits per heavy atom. The van der Waals surface area contributed by atoms with Crippen LogP contribution in [0.2, 0.25) is 0 Å². The van der Waals surface area contributed by atoms with Gasteiger partial charge in [0.25, 0.3) is 0 Å². The first-order valence-electron chi connectivity index (χ1n) is 8.52. The lowest BCUT2D eigenvalue weighted by Crippen LogP contribution is -2.55. The summed E-state index contributed by atoms with van der Waals surface area (Å²) in [5.74, 6) is 0.642. The van der Waals surface area contributed by atoms with Crippen LogP contribution in [0.5, 0.6) is 0 Å². The largest absolute Gasteiger partial charge is 0.338 e. The molecule has 0 aromatic carbocycles. The van der Waals surface area contributed by atoms with Crippen molar-refractivity contribution in [3.05, 3.63) is 0 Å². The van der Waals surface area contributed by atoms with E-state index in [1.54, 1.807) is 0 Å². The highest BCUT2D eigenvalue weighted by molar-refractivity contribution is 5.85. The third-order valence-corrected chi connectivity index (χ3v) is 4.54. The van der Waals surface area contributed by atoms with Crippen LogP contribution in [0.3, 0.4) is 0 Å². The fraction of sp³-hybridized carbons (Fsp3) is 0.875. The number of carbonyl (C=O) groups is 2. The Morgan fingerprint density at radius 2 is 1.42 bits per heavy atom. The standard InChI is InChI=1S/C16H30N4O2.2ClH/c1-13(2)11-14(17)16(22)20-9-7-19(8-10-20)15(21)12-18-5-3-4-6-18;;/h13-14H,3-12,17H2,1-2H3;2*1H/t14-;;/m0../s1. The molecule has 0 radical (unpaired) electrons. The second kappa shape index (κ2) is 11.1. The molecule has 2 amide bonds. The third kappa shape index (κ3) is 6.75. The molecule has 2 aliphatic heterocycles. The molecule has 142 valence electrons. The number of hydrogen-bond acceptors (Lipinski definition) is 4. The molecule has 2 rings (SSSR count). The van der Waals surface area contributed by atoms with Crippen LogP contribution in [0, 0.1) is 5.92 Å². The highest BCUT2D eigenvalue weighted by Gasteiger charge is 2.28. The molecule has 2 fully saturated rings. The summed E-state index contributed by atoms with van der Waals surface area (Å²) in [4.78, 5) is 30.5. The summed E-state index contributed by atoms with van der Waals surface area (Å²) in [6, 6.07) is -0.410. The lowest BCUT2D eigenvalue weighted by atomic mass is 10.0. The molecular weight excluding hydrogens is 351 g/mol. The number of likely N-dealkylation sites (tertiary alicyclic amines) is 1. The average Bonchev–Trinajstić information content (AvgIpc) is 2.98. The zero-order valence-electron chi connectivity index (χ0n) is 14.8. The Bertz CT molecular complexity index is 396. The van der Waals surface area contributed by atoms with Gasteiger partial charge in [0, 0.05) is 26.2 Å². The van der Waals surface area contributed by atoms with Crippen LogP contribution in [0.25, 0.3) is 0 Å². The summed E-state index contributed by atoms with van der Waals surface area (Å²) in [7, 11) is 0. The molecule has 0 aromatic rings. The molecule has 2 aliphatic rings. The summed E-state index contributed by atoms with van der Waals surface area (Å²) in [6.45, 7) is 9.22. The maximum Gasteiger partial charge on any atom is 0.239 e. The number of nitrogens with zero attached hydrogens (tertiary/aromatic N) is 3. The van der Waals surface area contributed by atoms with E-state index in [-0.39, 0.29) is 36.6 Å². The first-order chi connectivity index (χ1) is 10.5. The van der Waals surface area contributed by atoms with Gasteiger partial charge < -0.3 is 15.5 Å². The highest BCUT2D eigenvalue weighted by atomic mass is 35.5. The van der Waals surface area contributed by atoms with Gasteiger partial charge in [0.2, 0.25) is 11.8 Å². The van der Waals surface area contributed by atoms with Gasteiger partial charge >= 0.3 is 0 Å². The normalized spacial score (nSPS) is 19.7. The fourth-order valence-electron chi connectivity index (χ4n) is 3.25. The summed E-state index contributed by atoms with van der Waals surface area (Å²) in [6.07, 6.45) is 3.11. The van der Waals surface area contributed by atoms with Crippen molar-refractivity contribution in [2.24, 2.45) is 11.7 Å². The number of nitrogens with two attached hydrogens (primary N) is 1. The Balaban J connectivity index is 0.00000264. The van der Waals surface area contributed by atoms with Crippen molar-refractivity contribution in [1.29, 1.82) is 0 Å². The Morgan fingerprint density at radius 3 is 1.92 bits per heavy atom. The summed E-state index contributed by atoms with van der Waals surface area (Å²) in [5.41, 5.74) is 5.97. The van der Waals surface area contributed by atoms with Gasteiger partial charge in [-0.25, -0.2) is 0 Å². The van der Waals surface area contributed by atoms with E-state index in [9.17, 15) is 9.59 Å². The number of piperazine rings is 1. The van der Waals surface area contributed by atoms with Gasteiger partial charge in [0.15, 0.2) is 0 Å². The number of halogens is 2. The van der Waals surface area contributed by atoms with E-state index in [0.29, 0.717) is 45.1 Å². The second-order valence-corrected chi connectivity index (χ2v) is 6.93. The number of amides is 2. The minimum absolute atomic E-state index is 0. The molecule has 1 atom stereocenters. The van der Waals surface area contributed by atoms with Crippen molar-refractivity contribution in [1.82, 2.24) is 14.7 Å². The maximum atomic E-state index is 12.3. The van der Waals surface area contributed by atoms with Crippen molar-refractivity contribution in [3.63, 3.8) is 0 Å². The summed E-state index contributed by atoms with van der Waals surface area (Å²) >= 11 is 0. The van der Waals surface area contributed by atoms with Crippen molar-refractivity contribution < 1.29 is 9.59 Å². The minimum atomic E-state index is -0.410. The van der Waals surface area contributed by atoms with Crippen molar-refractivity contribution in [3.8, 4) is 0 Å². The van der Waals surface area contributed by atoms with Gasteiger partial charge in [-0.15, -0.1) is 24.8 Å². The van der Waals surface area contributed by atoms with Gasteiger partial charge in [-0.05, 0) is 38.3 Å². The number of hydrogen-bond donors (Lipinski definition) is 1. The molecule has 24 heavy (non-hydrogen) atoms. The SMILES string of the molecule is CC(C)C[C@H](N)C(=O)N1CCN(C(=O)CN2CCCC2)CC1.Cl.Cl. The Kier molecular flexibility index (Phi) is 10.9. The van der Waals surface area contributed by atoms with Crippen LogP contribution >= 0.6 is 24.8 Å². The molecule has 2 heterocycles. The first-order valence-corrected chi connectivity index (χ1v) is 8.52. The smallest absolute Gasteiger partial charge is 0.239 e. The van der Waals surface area contributed by atoms with E-state index >= 15 is 0 Å². The predicted molar refractivity (Wildman–Crippen MR) is 101 cm³/mol. The molecule has 2 saturated heterocycles. The van der Waals surface area contributed by atoms with Crippen LogP contribution < -0.4 is 5.73 Å². The van der Waals surface area contributed by atoms with E-state index < -0.39 is 6.04 Å². The van der Waals surface area contributed by atoms with Gasteiger partial charge in [0.1, 0.15) is 0 Å². The molecule has 0 bridgehead atoms. The molecule has 0 saturated carbocycles. The van der Waals surface area contributed by atoms with Crippen molar-refractivity contribution in [2.45, 2.75) is 39.2 Å². The molecule has 0 spiro atoms. The zero-order valence-corrected chi connectivity index (χ0v) is 16.4. The fourth-order valence-corrected chi connectivity index (χ4v) is 3.25. The number of carbonyl (C=O) groups excluding carboxylic acids is 2. The summed E-state index contributed by atoms with van der Waals surface area (Å²) in [5, 5.41) is 0. The van der Waals surface area contributed by atoms with Gasteiger partial charge in [-0.3, -0.25) is 14.5 Å². The lowest BCUT2D eigenvalue weighted by molar-refractivity contribution is -0.141. The molecular formula is C16H32Cl2N4O2. The highest BCUT2D eigenvalue weighted by Crippen LogP contribution is 2.11. The topological polar surface area (TPSA) is 69.9 Å².